The zero-order chi connectivity index (χ0) is 17.0. The largest absolute Gasteiger partial charge is 0.502 e. The highest BCUT2D eigenvalue weighted by atomic mass is 16.6. The van der Waals surface area contributed by atoms with Crippen LogP contribution in [-0.2, 0) is 11.2 Å². The predicted octanol–water partition coefficient (Wildman–Crippen LogP) is 2.72. The molecule has 0 saturated heterocycles. The quantitative estimate of drug-likeness (QED) is 0.626. The fourth-order valence-electron chi connectivity index (χ4n) is 2.28. The lowest BCUT2D eigenvalue weighted by molar-refractivity contribution is -0.385. The van der Waals surface area contributed by atoms with E-state index in [-0.39, 0.29) is 6.42 Å². The number of nitro benzene ring substituents is 1. The van der Waals surface area contributed by atoms with Crippen molar-refractivity contribution in [3.8, 4) is 11.5 Å². The van der Waals surface area contributed by atoms with Crippen molar-refractivity contribution in [2.45, 2.75) is 12.3 Å². The number of hydrogen-bond acceptors (Lipinski definition) is 5. The maximum absolute atomic E-state index is 11.6. The number of rotatable bonds is 6. The number of carbonyl (C=O) groups is 1. The van der Waals surface area contributed by atoms with Crippen molar-refractivity contribution in [1.29, 1.82) is 0 Å². The number of ether oxygens (including phenoxy) is 1. The fourth-order valence-corrected chi connectivity index (χ4v) is 2.28. The van der Waals surface area contributed by atoms with Crippen LogP contribution in [0.3, 0.4) is 0 Å². The van der Waals surface area contributed by atoms with Gasteiger partial charge in [0.2, 0.25) is 0 Å². The van der Waals surface area contributed by atoms with Crippen molar-refractivity contribution >= 4 is 11.7 Å². The number of phenols is 1. The van der Waals surface area contributed by atoms with E-state index in [0.29, 0.717) is 16.9 Å². The molecule has 0 fully saturated rings. The molecule has 0 aromatic heterocycles. The van der Waals surface area contributed by atoms with Crippen molar-refractivity contribution in [2.24, 2.45) is 0 Å². The van der Waals surface area contributed by atoms with Crippen LogP contribution in [0, 0.1) is 10.1 Å². The van der Waals surface area contributed by atoms with E-state index in [2.05, 4.69) is 0 Å². The smallest absolute Gasteiger partial charge is 0.311 e. The minimum absolute atomic E-state index is 0.0591. The van der Waals surface area contributed by atoms with Crippen LogP contribution in [0.1, 0.15) is 17.0 Å². The number of carboxylic acid groups (broad SMARTS) is 1. The number of hydrogen-bond donors (Lipinski definition) is 2. The Kier molecular flexibility index (Phi) is 4.80. The van der Waals surface area contributed by atoms with Gasteiger partial charge in [0, 0.05) is 6.07 Å². The fraction of sp³-hybridized carbons (Fsp3) is 0.188. The molecule has 1 unspecified atom stereocenters. The molecule has 0 saturated carbocycles. The summed E-state index contributed by atoms with van der Waals surface area (Å²) in [6.07, 6.45) is 0.0591. The summed E-state index contributed by atoms with van der Waals surface area (Å²) in [4.78, 5) is 21.7. The summed E-state index contributed by atoms with van der Waals surface area (Å²) in [5.74, 6) is -1.85. The Labute approximate surface area is 131 Å². The summed E-state index contributed by atoms with van der Waals surface area (Å²) >= 11 is 0. The van der Waals surface area contributed by atoms with E-state index in [1.165, 1.54) is 25.3 Å². The van der Waals surface area contributed by atoms with Gasteiger partial charge in [-0.05, 0) is 35.7 Å². The van der Waals surface area contributed by atoms with Crippen LogP contribution in [-0.4, -0.2) is 28.2 Å². The SMILES string of the molecule is COc1cccc(C(Cc2ccc(O)c([N+](=O)[O-])c2)C(=O)O)c1. The summed E-state index contributed by atoms with van der Waals surface area (Å²) in [6, 6.07) is 10.5. The molecular weight excluding hydrogens is 302 g/mol. The minimum Gasteiger partial charge on any atom is -0.502 e. The number of carboxylic acids is 1. The Bertz CT molecular complexity index is 743. The number of methoxy groups -OCH3 is 1. The molecule has 0 heterocycles. The van der Waals surface area contributed by atoms with Crippen molar-refractivity contribution in [2.75, 3.05) is 7.11 Å². The maximum atomic E-state index is 11.6. The zero-order valence-electron chi connectivity index (χ0n) is 12.3. The summed E-state index contributed by atoms with van der Waals surface area (Å²) in [7, 11) is 1.48. The Morgan fingerprint density at radius 1 is 1.30 bits per heavy atom. The molecule has 23 heavy (non-hydrogen) atoms. The summed E-state index contributed by atoms with van der Waals surface area (Å²) in [6.45, 7) is 0. The van der Waals surface area contributed by atoms with Gasteiger partial charge in [-0.15, -0.1) is 0 Å². The first-order valence-corrected chi connectivity index (χ1v) is 6.75. The average Bonchev–Trinajstić information content (AvgIpc) is 2.53. The van der Waals surface area contributed by atoms with Crippen LogP contribution in [0.4, 0.5) is 5.69 Å². The summed E-state index contributed by atoms with van der Waals surface area (Å²) < 4.78 is 5.09. The van der Waals surface area contributed by atoms with Gasteiger partial charge >= 0.3 is 11.7 Å². The van der Waals surface area contributed by atoms with Gasteiger partial charge in [-0.1, -0.05) is 18.2 Å². The molecule has 0 spiro atoms. The third kappa shape index (κ3) is 3.76. The third-order valence-corrected chi connectivity index (χ3v) is 3.47. The number of phenolic OH excluding ortho intramolecular Hbond substituents is 1. The Morgan fingerprint density at radius 3 is 2.65 bits per heavy atom. The van der Waals surface area contributed by atoms with Crippen LogP contribution in [0.5, 0.6) is 11.5 Å². The molecule has 0 aliphatic rings. The van der Waals surface area contributed by atoms with Gasteiger partial charge in [0.1, 0.15) is 5.75 Å². The number of nitrogens with zero attached hydrogens (tertiary/aromatic N) is 1. The molecule has 1 atom stereocenters. The maximum Gasteiger partial charge on any atom is 0.311 e. The van der Waals surface area contributed by atoms with Gasteiger partial charge in [0.25, 0.3) is 0 Å². The second kappa shape index (κ2) is 6.78. The van der Waals surface area contributed by atoms with Gasteiger partial charge in [0.15, 0.2) is 5.75 Å². The third-order valence-electron chi connectivity index (χ3n) is 3.47. The van der Waals surface area contributed by atoms with E-state index in [1.807, 2.05) is 0 Å². The van der Waals surface area contributed by atoms with Crippen LogP contribution in [0.15, 0.2) is 42.5 Å². The second-order valence-corrected chi connectivity index (χ2v) is 4.95. The van der Waals surface area contributed by atoms with Gasteiger partial charge in [-0.2, -0.15) is 0 Å². The highest BCUT2D eigenvalue weighted by molar-refractivity contribution is 5.76. The minimum atomic E-state index is -1.05. The first-order valence-electron chi connectivity index (χ1n) is 6.75. The van der Waals surface area contributed by atoms with Gasteiger partial charge in [0.05, 0.1) is 18.0 Å². The number of aromatic hydroxyl groups is 1. The molecule has 2 rings (SSSR count). The highest BCUT2D eigenvalue weighted by Crippen LogP contribution is 2.30. The van der Waals surface area contributed by atoms with Gasteiger partial charge < -0.3 is 14.9 Å². The number of benzene rings is 2. The molecule has 0 aliphatic carbocycles. The van der Waals surface area contributed by atoms with Crippen molar-refractivity contribution < 1.29 is 24.7 Å². The summed E-state index contributed by atoms with van der Waals surface area (Å²) in [5.41, 5.74) is 0.537. The van der Waals surface area contributed by atoms with Crippen LogP contribution < -0.4 is 4.74 Å². The monoisotopic (exact) mass is 317 g/mol. The number of aliphatic carboxylic acids is 1. The second-order valence-electron chi connectivity index (χ2n) is 4.95. The van der Waals surface area contributed by atoms with Gasteiger partial charge in [-0.25, -0.2) is 0 Å². The zero-order valence-corrected chi connectivity index (χ0v) is 12.3. The molecule has 7 heteroatoms. The van der Waals surface area contributed by atoms with Crippen molar-refractivity contribution in [1.82, 2.24) is 0 Å². The van der Waals surface area contributed by atoms with E-state index < -0.39 is 28.2 Å². The molecule has 120 valence electrons. The van der Waals surface area contributed by atoms with E-state index in [4.69, 9.17) is 4.74 Å². The normalized spacial score (nSPS) is 11.7. The summed E-state index contributed by atoms with van der Waals surface area (Å²) in [5, 5.41) is 29.8. The highest BCUT2D eigenvalue weighted by Gasteiger charge is 2.23. The molecule has 0 bridgehead atoms. The van der Waals surface area contributed by atoms with Gasteiger partial charge in [-0.3, -0.25) is 14.9 Å². The lowest BCUT2D eigenvalue weighted by Gasteiger charge is -2.14. The van der Waals surface area contributed by atoms with Crippen molar-refractivity contribution in [3.05, 3.63) is 63.7 Å². The van der Waals surface area contributed by atoms with E-state index >= 15 is 0 Å². The molecule has 0 amide bonds. The molecule has 2 N–H and O–H groups in total. The Balaban J connectivity index is 2.35. The number of nitro groups is 1. The Morgan fingerprint density at radius 2 is 2.04 bits per heavy atom. The van der Waals surface area contributed by atoms with Crippen LogP contribution in [0.2, 0.25) is 0 Å². The molecule has 0 radical (unpaired) electrons. The van der Waals surface area contributed by atoms with Crippen LogP contribution in [0.25, 0.3) is 0 Å². The standard InChI is InChI=1S/C16H15NO6/c1-23-12-4-2-3-11(9-12)13(16(19)20)7-10-5-6-15(18)14(8-10)17(21)22/h2-6,8-9,13,18H,7H2,1H3,(H,19,20). The average molecular weight is 317 g/mol. The predicted molar refractivity (Wildman–Crippen MR) is 81.8 cm³/mol. The van der Waals surface area contributed by atoms with Crippen molar-refractivity contribution in [3.63, 3.8) is 0 Å². The lowest BCUT2D eigenvalue weighted by Crippen LogP contribution is -2.14. The molecular formula is C16H15NO6. The first-order chi connectivity index (χ1) is 10.9. The Hall–Kier alpha value is -3.09. The topological polar surface area (TPSA) is 110 Å². The molecule has 2 aromatic carbocycles. The van der Waals surface area contributed by atoms with E-state index in [1.54, 1.807) is 24.3 Å². The van der Waals surface area contributed by atoms with E-state index in [9.17, 15) is 25.1 Å². The molecule has 2 aromatic rings. The van der Waals surface area contributed by atoms with Crippen LogP contribution >= 0.6 is 0 Å². The first kappa shape index (κ1) is 16.3. The lowest BCUT2D eigenvalue weighted by atomic mass is 9.91. The molecule has 0 aliphatic heterocycles. The molecule has 7 nitrogen and oxygen atoms in total. The van der Waals surface area contributed by atoms with E-state index in [0.717, 1.165) is 0 Å².